The Balaban J connectivity index is 2.02. The van der Waals surface area contributed by atoms with Gasteiger partial charge in [0.15, 0.2) is 0 Å². The van der Waals surface area contributed by atoms with Crippen LogP contribution in [-0.2, 0) is 9.59 Å². The molecule has 2 amide bonds. The molecule has 5 nitrogen and oxygen atoms in total. The SMILES string of the molecule is CCN(CC(=O)Nc1c(Cl)cccc1Cl)C(C)C(=O)Nc1ccc(C)cc1C. The summed E-state index contributed by atoms with van der Waals surface area (Å²) in [6.07, 6.45) is 0. The Bertz CT molecular complexity index is 850. The van der Waals surface area contributed by atoms with Crippen LogP contribution < -0.4 is 10.6 Å². The van der Waals surface area contributed by atoms with Crippen LogP contribution in [-0.4, -0.2) is 35.8 Å². The van der Waals surface area contributed by atoms with E-state index in [1.54, 1.807) is 30.0 Å². The minimum absolute atomic E-state index is 0.0412. The third-order valence-corrected chi connectivity index (χ3v) is 5.18. The molecule has 0 heterocycles. The molecule has 1 unspecified atom stereocenters. The highest BCUT2D eigenvalue weighted by Crippen LogP contribution is 2.29. The van der Waals surface area contributed by atoms with Crippen molar-refractivity contribution in [3.63, 3.8) is 0 Å². The lowest BCUT2D eigenvalue weighted by atomic mass is 10.1. The largest absolute Gasteiger partial charge is 0.324 e. The number of hydrogen-bond donors (Lipinski definition) is 2. The number of carbonyl (C=O) groups is 2. The summed E-state index contributed by atoms with van der Waals surface area (Å²) < 4.78 is 0. The van der Waals surface area contributed by atoms with Crippen LogP contribution in [0.1, 0.15) is 25.0 Å². The van der Waals surface area contributed by atoms with Crippen molar-refractivity contribution in [3.8, 4) is 0 Å². The van der Waals surface area contributed by atoms with E-state index in [-0.39, 0.29) is 18.4 Å². The highest BCUT2D eigenvalue weighted by molar-refractivity contribution is 6.39. The molecule has 0 aromatic heterocycles. The molecule has 0 fully saturated rings. The number of hydrogen-bond acceptors (Lipinski definition) is 3. The third kappa shape index (κ3) is 5.71. The summed E-state index contributed by atoms with van der Waals surface area (Å²) in [7, 11) is 0. The molecule has 0 aliphatic carbocycles. The first-order chi connectivity index (χ1) is 13.2. The minimum atomic E-state index is -0.488. The second kappa shape index (κ2) is 9.92. The Labute approximate surface area is 176 Å². The van der Waals surface area contributed by atoms with Gasteiger partial charge in [-0.15, -0.1) is 0 Å². The zero-order valence-corrected chi connectivity index (χ0v) is 18.0. The summed E-state index contributed by atoms with van der Waals surface area (Å²) in [5.74, 6) is -0.458. The molecule has 0 aliphatic heterocycles. The molecule has 28 heavy (non-hydrogen) atoms. The highest BCUT2D eigenvalue weighted by atomic mass is 35.5. The summed E-state index contributed by atoms with van der Waals surface area (Å²) in [5.41, 5.74) is 3.27. The number of halogens is 2. The van der Waals surface area contributed by atoms with Gasteiger partial charge in [0.25, 0.3) is 0 Å². The van der Waals surface area contributed by atoms with Gasteiger partial charge in [0.05, 0.1) is 28.3 Å². The predicted octanol–water partition coefficient (Wildman–Crippen LogP) is 4.90. The molecular weight excluding hydrogens is 397 g/mol. The Morgan fingerprint density at radius 3 is 2.29 bits per heavy atom. The van der Waals surface area contributed by atoms with Crippen LogP contribution >= 0.6 is 23.2 Å². The fourth-order valence-electron chi connectivity index (χ4n) is 2.86. The van der Waals surface area contributed by atoms with Crippen molar-refractivity contribution in [2.45, 2.75) is 33.7 Å². The van der Waals surface area contributed by atoms with Gasteiger partial charge in [-0.05, 0) is 51.1 Å². The van der Waals surface area contributed by atoms with Gasteiger partial charge in [0, 0.05) is 5.69 Å². The Hall–Kier alpha value is -2.08. The minimum Gasteiger partial charge on any atom is -0.324 e. The van der Waals surface area contributed by atoms with Crippen molar-refractivity contribution in [3.05, 3.63) is 57.6 Å². The number of para-hydroxylation sites is 1. The zero-order chi connectivity index (χ0) is 20.8. The number of benzene rings is 2. The topological polar surface area (TPSA) is 61.4 Å². The van der Waals surface area contributed by atoms with Crippen LogP contribution in [0.4, 0.5) is 11.4 Å². The molecule has 150 valence electrons. The Kier molecular flexibility index (Phi) is 7.87. The zero-order valence-electron chi connectivity index (χ0n) is 16.5. The van der Waals surface area contributed by atoms with Gasteiger partial charge in [-0.25, -0.2) is 0 Å². The molecule has 2 aromatic rings. The summed E-state index contributed by atoms with van der Waals surface area (Å²) in [6.45, 7) is 8.20. The van der Waals surface area contributed by atoms with Gasteiger partial charge < -0.3 is 10.6 Å². The molecule has 0 spiro atoms. The number of nitrogens with zero attached hydrogens (tertiary/aromatic N) is 1. The summed E-state index contributed by atoms with van der Waals surface area (Å²) in [4.78, 5) is 26.9. The molecule has 2 rings (SSSR count). The summed E-state index contributed by atoms with van der Waals surface area (Å²) in [5, 5.41) is 6.40. The van der Waals surface area contributed by atoms with Gasteiger partial charge in [-0.3, -0.25) is 14.5 Å². The van der Waals surface area contributed by atoms with E-state index in [9.17, 15) is 9.59 Å². The van der Waals surface area contributed by atoms with Gasteiger partial charge in [0.2, 0.25) is 11.8 Å². The number of aryl methyl sites for hydroxylation is 2. The van der Waals surface area contributed by atoms with Gasteiger partial charge in [0.1, 0.15) is 0 Å². The van der Waals surface area contributed by atoms with E-state index in [4.69, 9.17) is 23.2 Å². The lowest BCUT2D eigenvalue weighted by Gasteiger charge is -2.26. The second-order valence-electron chi connectivity index (χ2n) is 6.69. The molecule has 2 aromatic carbocycles. The van der Waals surface area contributed by atoms with Crippen molar-refractivity contribution in [2.75, 3.05) is 23.7 Å². The maximum atomic E-state index is 12.7. The lowest BCUT2D eigenvalue weighted by molar-refractivity contribution is -0.123. The van der Waals surface area contributed by atoms with Crippen LogP contribution in [0.15, 0.2) is 36.4 Å². The molecule has 2 N–H and O–H groups in total. The Morgan fingerprint density at radius 2 is 1.71 bits per heavy atom. The first kappa shape index (κ1) is 22.2. The third-order valence-electron chi connectivity index (χ3n) is 4.55. The molecule has 0 radical (unpaired) electrons. The molecular formula is C21H25Cl2N3O2. The standard InChI is InChI=1S/C21H25Cl2N3O2/c1-5-26(12-19(27)25-20-16(22)7-6-8-17(20)23)15(4)21(28)24-18-10-9-13(2)11-14(18)3/h6-11,15H,5,12H2,1-4H3,(H,24,28)(H,25,27). The van der Waals surface area contributed by atoms with E-state index >= 15 is 0 Å². The van der Waals surface area contributed by atoms with E-state index in [0.29, 0.717) is 22.3 Å². The van der Waals surface area contributed by atoms with Crippen molar-refractivity contribution >= 4 is 46.4 Å². The van der Waals surface area contributed by atoms with Crippen molar-refractivity contribution in [1.29, 1.82) is 0 Å². The highest BCUT2D eigenvalue weighted by Gasteiger charge is 2.23. The number of likely N-dealkylation sites (N-methyl/N-ethyl adjacent to an activating group) is 1. The molecule has 0 saturated heterocycles. The second-order valence-corrected chi connectivity index (χ2v) is 7.51. The van der Waals surface area contributed by atoms with Gasteiger partial charge in [-0.2, -0.15) is 0 Å². The fourth-order valence-corrected chi connectivity index (χ4v) is 3.35. The maximum absolute atomic E-state index is 12.7. The summed E-state index contributed by atoms with van der Waals surface area (Å²) >= 11 is 12.2. The smallest absolute Gasteiger partial charge is 0.241 e. The van der Waals surface area contributed by atoms with E-state index < -0.39 is 6.04 Å². The average molecular weight is 422 g/mol. The predicted molar refractivity (Wildman–Crippen MR) is 116 cm³/mol. The number of rotatable bonds is 7. The molecule has 7 heteroatoms. The van der Waals surface area contributed by atoms with Crippen LogP contribution in [0.5, 0.6) is 0 Å². The monoisotopic (exact) mass is 421 g/mol. The van der Waals surface area contributed by atoms with Crippen LogP contribution in [0, 0.1) is 13.8 Å². The number of anilines is 2. The fraction of sp³-hybridized carbons (Fsp3) is 0.333. The molecule has 1 atom stereocenters. The maximum Gasteiger partial charge on any atom is 0.241 e. The van der Waals surface area contributed by atoms with Crippen molar-refractivity contribution in [2.24, 2.45) is 0 Å². The average Bonchev–Trinajstić information content (AvgIpc) is 2.64. The quantitative estimate of drug-likeness (QED) is 0.668. The summed E-state index contributed by atoms with van der Waals surface area (Å²) in [6, 6.07) is 10.4. The first-order valence-corrected chi connectivity index (χ1v) is 9.84. The molecule has 0 saturated carbocycles. The van der Waals surface area contributed by atoms with Crippen LogP contribution in [0.2, 0.25) is 10.0 Å². The van der Waals surface area contributed by atoms with E-state index in [0.717, 1.165) is 16.8 Å². The normalized spacial score (nSPS) is 12.0. The van der Waals surface area contributed by atoms with Crippen LogP contribution in [0.3, 0.4) is 0 Å². The van der Waals surface area contributed by atoms with Crippen molar-refractivity contribution in [1.82, 2.24) is 4.90 Å². The van der Waals surface area contributed by atoms with Crippen molar-refractivity contribution < 1.29 is 9.59 Å². The number of carbonyl (C=O) groups excluding carboxylic acids is 2. The van der Waals surface area contributed by atoms with E-state index in [1.807, 2.05) is 39.0 Å². The Morgan fingerprint density at radius 1 is 1.07 bits per heavy atom. The van der Waals surface area contributed by atoms with Crippen LogP contribution in [0.25, 0.3) is 0 Å². The van der Waals surface area contributed by atoms with E-state index in [2.05, 4.69) is 10.6 Å². The number of nitrogens with one attached hydrogen (secondary N) is 2. The van der Waals surface area contributed by atoms with E-state index in [1.165, 1.54) is 0 Å². The lowest BCUT2D eigenvalue weighted by Crippen LogP contribution is -2.45. The first-order valence-electron chi connectivity index (χ1n) is 9.09. The van der Waals surface area contributed by atoms with Gasteiger partial charge >= 0.3 is 0 Å². The molecule has 0 aliphatic rings. The van der Waals surface area contributed by atoms with Gasteiger partial charge in [-0.1, -0.05) is 53.9 Å². The molecule has 0 bridgehead atoms. The number of amides is 2.